The smallest absolute Gasteiger partial charge is 0.0463 e. The average Bonchev–Trinajstić information content (AvgIpc) is 2.90. The number of anilines is 5. The Bertz CT molecular complexity index is 1300. The Morgan fingerprint density at radius 3 is 1.51 bits per heavy atom. The van der Waals surface area contributed by atoms with Gasteiger partial charge < -0.3 is 9.80 Å². The SMILES string of the molecule is C=C/C(=C\C=C/C)N(c1ccc(C)cc1)c1ccc(N(c2ccccc2)c2ccc(C)cc2)cc1. The molecule has 35 heavy (non-hydrogen) atoms. The lowest BCUT2D eigenvalue weighted by Crippen LogP contribution is -2.15. The van der Waals surface area contributed by atoms with Crippen molar-refractivity contribution in [3.8, 4) is 0 Å². The Hall–Kier alpha value is -4.30. The molecule has 0 saturated heterocycles. The highest BCUT2D eigenvalue weighted by Gasteiger charge is 2.15. The fourth-order valence-corrected chi connectivity index (χ4v) is 4.04. The number of hydrogen-bond acceptors (Lipinski definition) is 2. The highest BCUT2D eigenvalue weighted by Crippen LogP contribution is 2.37. The summed E-state index contributed by atoms with van der Waals surface area (Å²) in [7, 11) is 0. The van der Waals surface area contributed by atoms with Crippen LogP contribution in [0.1, 0.15) is 18.1 Å². The molecule has 0 radical (unpaired) electrons. The van der Waals surface area contributed by atoms with E-state index in [1.807, 2.05) is 31.2 Å². The molecule has 0 amide bonds. The second kappa shape index (κ2) is 11.2. The summed E-state index contributed by atoms with van der Waals surface area (Å²) in [5.74, 6) is 0. The molecule has 0 aromatic heterocycles. The molecular formula is C33H32N2. The Morgan fingerprint density at radius 1 is 0.600 bits per heavy atom. The summed E-state index contributed by atoms with van der Waals surface area (Å²) in [5, 5.41) is 0. The summed E-state index contributed by atoms with van der Waals surface area (Å²) < 4.78 is 0. The summed E-state index contributed by atoms with van der Waals surface area (Å²) in [6.45, 7) is 10.3. The van der Waals surface area contributed by atoms with Gasteiger partial charge in [-0.05, 0) is 93.6 Å². The van der Waals surface area contributed by atoms with E-state index in [4.69, 9.17) is 0 Å². The molecule has 4 aromatic carbocycles. The number of aryl methyl sites for hydroxylation is 2. The fourth-order valence-electron chi connectivity index (χ4n) is 4.04. The maximum absolute atomic E-state index is 4.08. The second-order valence-corrected chi connectivity index (χ2v) is 8.52. The lowest BCUT2D eigenvalue weighted by molar-refractivity contribution is 1.20. The number of para-hydroxylation sites is 1. The van der Waals surface area contributed by atoms with Crippen LogP contribution in [0.4, 0.5) is 28.4 Å². The monoisotopic (exact) mass is 456 g/mol. The second-order valence-electron chi connectivity index (χ2n) is 8.52. The molecule has 0 heterocycles. The van der Waals surface area contributed by atoms with Crippen LogP contribution in [0.15, 0.2) is 140 Å². The Kier molecular flexibility index (Phi) is 7.64. The predicted octanol–water partition coefficient (Wildman–Crippen LogP) is 9.56. The van der Waals surface area contributed by atoms with Crippen LogP contribution in [0.3, 0.4) is 0 Å². The molecule has 4 rings (SSSR count). The van der Waals surface area contributed by atoms with Crippen molar-refractivity contribution in [1.82, 2.24) is 0 Å². The zero-order valence-electron chi connectivity index (χ0n) is 20.7. The lowest BCUT2D eigenvalue weighted by Gasteiger charge is -2.29. The van der Waals surface area contributed by atoms with Gasteiger partial charge in [0.05, 0.1) is 0 Å². The molecule has 0 aliphatic heterocycles. The van der Waals surface area contributed by atoms with Crippen LogP contribution in [0.25, 0.3) is 0 Å². The minimum absolute atomic E-state index is 1.01. The van der Waals surface area contributed by atoms with Gasteiger partial charge in [0.25, 0.3) is 0 Å². The van der Waals surface area contributed by atoms with Crippen LogP contribution in [0, 0.1) is 13.8 Å². The minimum atomic E-state index is 1.01. The Morgan fingerprint density at radius 2 is 1.03 bits per heavy atom. The largest absolute Gasteiger partial charge is 0.311 e. The highest BCUT2D eigenvalue weighted by molar-refractivity contribution is 5.79. The van der Waals surface area contributed by atoms with Gasteiger partial charge in [0.1, 0.15) is 0 Å². The van der Waals surface area contributed by atoms with Gasteiger partial charge in [-0.15, -0.1) is 0 Å². The lowest BCUT2D eigenvalue weighted by atomic mass is 10.1. The van der Waals surface area contributed by atoms with E-state index in [0.29, 0.717) is 0 Å². The zero-order chi connectivity index (χ0) is 24.6. The first-order chi connectivity index (χ1) is 17.1. The number of allylic oxidation sites excluding steroid dienone is 4. The van der Waals surface area contributed by atoms with E-state index in [1.165, 1.54) is 11.1 Å². The number of hydrogen-bond donors (Lipinski definition) is 0. The summed E-state index contributed by atoms with van der Waals surface area (Å²) >= 11 is 0. The third-order valence-electron chi connectivity index (χ3n) is 5.89. The molecule has 2 heteroatoms. The van der Waals surface area contributed by atoms with E-state index in [2.05, 4.69) is 133 Å². The average molecular weight is 457 g/mol. The maximum atomic E-state index is 4.08. The van der Waals surface area contributed by atoms with Crippen molar-refractivity contribution in [3.05, 3.63) is 151 Å². The molecule has 4 aromatic rings. The zero-order valence-corrected chi connectivity index (χ0v) is 20.7. The molecule has 0 fully saturated rings. The summed E-state index contributed by atoms with van der Waals surface area (Å²) in [6, 6.07) is 36.4. The fraction of sp³-hybridized carbons (Fsp3) is 0.0909. The van der Waals surface area contributed by atoms with Gasteiger partial charge in [-0.2, -0.15) is 0 Å². The molecule has 0 aliphatic carbocycles. The van der Waals surface area contributed by atoms with E-state index < -0.39 is 0 Å². The van der Waals surface area contributed by atoms with Crippen LogP contribution in [-0.4, -0.2) is 0 Å². The molecule has 0 bridgehead atoms. The van der Waals surface area contributed by atoms with Crippen molar-refractivity contribution in [1.29, 1.82) is 0 Å². The standard InChI is InChI=1S/C33H32N2/c1-5-7-11-28(6-2)34(30-18-14-26(3)15-19-30)32-22-24-33(25-23-32)35(29-12-9-8-10-13-29)31-20-16-27(4)17-21-31/h5-25H,2H2,1,3-4H3/b7-5-,28-11+. The van der Waals surface area contributed by atoms with Gasteiger partial charge in [-0.1, -0.05) is 72.3 Å². The van der Waals surface area contributed by atoms with Crippen molar-refractivity contribution in [2.24, 2.45) is 0 Å². The summed E-state index contributed by atoms with van der Waals surface area (Å²) in [4.78, 5) is 4.51. The van der Waals surface area contributed by atoms with Crippen LogP contribution >= 0.6 is 0 Å². The molecule has 0 aliphatic rings. The van der Waals surface area contributed by atoms with Crippen molar-refractivity contribution < 1.29 is 0 Å². The predicted molar refractivity (Wildman–Crippen MR) is 152 cm³/mol. The Balaban J connectivity index is 1.78. The molecular weight excluding hydrogens is 424 g/mol. The van der Waals surface area contributed by atoms with Crippen LogP contribution in [0.2, 0.25) is 0 Å². The van der Waals surface area contributed by atoms with Gasteiger partial charge >= 0.3 is 0 Å². The molecule has 2 nitrogen and oxygen atoms in total. The van der Waals surface area contributed by atoms with Gasteiger partial charge in [-0.25, -0.2) is 0 Å². The molecule has 0 atom stereocenters. The van der Waals surface area contributed by atoms with Gasteiger partial charge in [0.2, 0.25) is 0 Å². The first kappa shape index (κ1) is 23.8. The Labute approximate surface area is 209 Å². The first-order valence-electron chi connectivity index (χ1n) is 11.9. The van der Waals surface area contributed by atoms with Crippen LogP contribution in [-0.2, 0) is 0 Å². The van der Waals surface area contributed by atoms with Crippen molar-refractivity contribution in [2.75, 3.05) is 9.80 Å². The van der Waals surface area contributed by atoms with Crippen molar-refractivity contribution in [2.45, 2.75) is 20.8 Å². The van der Waals surface area contributed by atoms with Gasteiger partial charge in [-0.3, -0.25) is 0 Å². The van der Waals surface area contributed by atoms with E-state index >= 15 is 0 Å². The minimum Gasteiger partial charge on any atom is -0.311 e. The van der Waals surface area contributed by atoms with Gasteiger partial charge in [0.15, 0.2) is 0 Å². The van der Waals surface area contributed by atoms with E-state index in [0.717, 1.165) is 34.1 Å². The van der Waals surface area contributed by atoms with Crippen LogP contribution in [0.5, 0.6) is 0 Å². The third kappa shape index (κ3) is 5.62. The summed E-state index contributed by atoms with van der Waals surface area (Å²) in [5.41, 5.74) is 9.02. The molecule has 0 N–H and O–H groups in total. The topological polar surface area (TPSA) is 6.48 Å². The molecule has 174 valence electrons. The highest BCUT2D eigenvalue weighted by atomic mass is 15.2. The maximum Gasteiger partial charge on any atom is 0.0463 e. The van der Waals surface area contributed by atoms with E-state index in [1.54, 1.807) is 0 Å². The molecule has 0 unspecified atom stereocenters. The number of nitrogens with zero attached hydrogens (tertiary/aromatic N) is 2. The van der Waals surface area contributed by atoms with Crippen LogP contribution < -0.4 is 9.80 Å². The van der Waals surface area contributed by atoms with Gasteiger partial charge in [0, 0.05) is 34.1 Å². The quantitative estimate of drug-likeness (QED) is 0.244. The first-order valence-corrected chi connectivity index (χ1v) is 11.9. The van der Waals surface area contributed by atoms with Crippen molar-refractivity contribution >= 4 is 28.4 Å². The normalized spacial score (nSPS) is 11.5. The van der Waals surface area contributed by atoms with E-state index in [9.17, 15) is 0 Å². The third-order valence-corrected chi connectivity index (χ3v) is 5.89. The summed E-state index contributed by atoms with van der Waals surface area (Å²) in [6.07, 6.45) is 8.06. The molecule has 0 spiro atoms. The number of benzene rings is 4. The number of rotatable bonds is 8. The van der Waals surface area contributed by atoms with Crippen molar-refractivity contribution in [3.63, 3.8) is 0 Å². The van der Waals surface area contributed by atoms with E-state index in [-0.39, 0.29) is 0 Å². The molecule has 0 saturated carbocycles.